The van der Waals surface area contributed by atoms with Crippen molar-refractivity contribution in [3.63, 3.8) is 0 Å². The van der Waals surface area contributed by atoms with Gasteiger partial charge in [-0.3, -0.25) is 14.5 Å². The Hall–Kier alpha value is -2.12. The molecule has 130 valence electrons. The van der Waals surface area contributed by atoms with E-state index in [0.29, 0.717) is 31.5 Å². The van der Waals surface area contributed by atoms with E-state index in [-0.39, 0.29) is 23.9 Å². The molecule has 1 saturated heterocycles. The molecule has 2 aliphatic rings. The number of nitrogens with one attached hydrogen (secondary N) is 1. The molecule has 1 aliphatic heterocycles. The van der Waals surface area contributed by atoms with Crippen molar-refractivity contribution < 1.29 is 22.8 Å². The Balaban J connectivity index is 1.54. The van der Waals surface area contributed by atoms with Crippen molar-refractivity contribution in [1.82, 2.24) is 9.88 Å². The van der Waals surface area contributed by atoms with Crippen LogP contribution in [0.15, 0.2) is 18.3 Å². The first-order valence-electron chi connectivity index (χ1n) is 7.99. The highest BCUT2D eigenvalue weighted by atomic mass is 19.4. The second-order valence-corrected chi connectivity index (χ2v) is 6.24. The first kappa shape index (κ1) is 16.7. The molecular weight excluding hydrogens is 323 g/mol. The summed E-state index contributed by atoms with van der Waals surface area (Å²) < 4.78 is 37.5. The van der Waals surface area contributed by atoms with Gasteiger partial charge in [0.1, 0.15) is 5.82 Å². The minimum Gasteiger partial charge on any atom is -0.367 e. The van der Waals surface area contributed by atoms with E-state index < -0.39 is 11.7 Å². The summed E-state index contributed by atoms with van der Waals surface area (Å²) in [6.07, 6.45) is -0.0900. The number of pyridine rings is 1. The number of aromatic nitrogens is 1. The van der Waals surface area contributed by atoms with Gasteiger partial charge in [0.05, 0.1) is 5.56 Å². The quantitative estimate of drug-likeness (QED) is 0.859. The van der Waals surface area contributed by atoms with Crippen LogP contribution in [0.5, 0.6) is 0 Å². The third kappa shape index (κ3) is 3.52. The van der Waals surface area contributed by atoms with Crippen LogP contribution < -0.4 is 5.32 Å². The molecule has 3 rings (SSSR count). The van der Waals surface area contributed by atoms with Crippen LogP contribution in [-0.2, 0) is 15.8 Å². The zero-order valence-corrected chi connectivity index (χ0v) is 13.0. The van der Waals surface area contributed by atoms with Crippen LogP contribution in [0, 0.1) is 0 Å². The highest BCUT2D eigenvalue weighted by Crippen LogP contribution is 2.31. The zero-order chi connectivity index (χ0) is 17.3. The second-order valence-electron chi connectivity index (χ2n) is 6.24. The Labute approximate surface area is 137 Å². The standard InChI is InChI=1S/C16H18F3N3O2/c17-16(18,19)10-1-6-13(20-9-10)21-11-2-4-12(5-3-11)22-14(23)7-8-15(22)24/h1,6,9,11-12H,2-5,7-8H2,(H,20,21). The molecule has 1 aromatic rings. The monoisotopic (exact) mass is 341 g/mol. The van der Waals surface area contributed by atoms with Gasteiger partial charge in [-0.2, -0.15) is 13.2 Å². The average molecular weight is 341 g/mol. The van der Waals surface area contributed by atoms with Gasteiger partial charge in [0.25, 0.3) is 0 Å². The van der Waals surface area contributed by atoms with Crippen LogP contribution in [0.2, 0.25) is 0 Å². The normalized spacial score (nSPS) is 25.2. The van der Waals surface area contributed by atoms with Gasteiger partial charge < -0.3 is 5.32 Å². The molecule has 0 spiro atoms. The number of anilines is 1. The van der Waals surface area contributed by atoms with Gasteiger partial charge in [0, 0.05) is 31.1 Å². The topological polar surface area (TPSA) is 62.3 Å². The Morgan fingerprint density at radius 3 is 2.17 bits per heavy atom. The predicted molar refractivity (Wildman–Crippen MR) is 80.0 cm³/mol. The molecule has 2 fully saturated rings. The summed E-state index contributed by atoms with van der Waals surface area (Å²) in [6, 6.07) is 2.36. The van der Waals surface area contributed by atoms with E-state index in [2.05, 4.69) is 10.3 Å². The van der Waals surface area contributed by atoms with Gasteiger partial charge in [-0.05, 0) is 37.8 Å². The maximum atomic E-state index is 12.5. The lowest BCUT2D eigenvalue weighted by Gasteiger charge is -2.34. The van der Waals surface area contributed by atoms with Crippen molar-refractivity contribution >= 4 is 17.6 Å². The van der Waals surface area contributed by atoms with E-state index >= 15 is 0 Å². The SMILES string of the molecule is O=C1CCC(=O)N1C1CCC(Nc2ccc(C(F)(F)F)cn2)CC1. The summed E-state index contributed by atoms with van der Waals surface area (Å²) >= 11 is 0. The summed E-state index contributed by atoms with van der Waals surface area (Å²) in [7, 11) is 0. The Morgan fingerprint density at radius 1 is 1.04 bits per heavy atom. The van der Waals surface area contributed by atoms with Crippen LogP contribution in [0.1, 0.15) is 44.1 Å². The lowest BCUT2D eigenvalue weighted by atomic mass is 9.90. The van der Waals surface area contributed by atoms with E-state index in [1.807, 2.05) is 0 Å². The number of carbonyl (C=O) groups is 2. The summed E-state index contributed by atoms with van der Waals surface area (Å²) in [4.78, 5) is 28.7. The van der Waals surface area contributed by atoms with E-state index in [0.717, 1.165) is 25.1 Å². The second kappa shape index (κ2) is 6.41. The van der Waals surface area contributed by atoms with Crippen molar-refractivity contribution in [1.29, 1.82) is 0 Å². The molecular formula is C16H18F3N3O2. The minimum atomic E-state index is -4.39. The molecule has 1 aliphatic carbocycles. The number of halogens is 3. The number of likely N-dealkylation sites (tertiary alicyclic amines) is 1. The van der Waals surface area contributed by atoms with Gasteiger partial charge in [-0.25, -0.2) is 4.98 Å². The Kier molecular flexibility index (Phi) is 4.47. The molecule has 0 unspecified atom stereocenters. The number of hydrogen-bond donors (Lipinski definition) is 1. The van der Waals surface area contributed by atoms with Crippen LogP contribution in [0.3, 0.4) is 0 Å². The van der Waals surface area contributed by atoms with Crippen LogP contribution >= 0.6 is 0 Å². The molecule has 2 heterocycles. The minimum absolute atomic E-state index is 0.0499. The number of amides is 2. The van der Waals surface area contributed by atoms with Gasteiger partial charge in [0.15, 0.2) is 0 Å². The first-order valence-corrected chi connectivity index (χ1v) is 7.99. The summed E-state index contributed by atoms with van der Waals surface area (Å²) in [5.74, 6) is 0.210. The summed E-state index contributed by atoms with van der Waals surface area (Å²) in [6.45, 7) is 0. The van der Waals surface area contributed by atoms with E-state index in [1.54, 1.807) is 0 Å². The van der Waals surface area contributed by atoms with E-state index in [1.165, 1.54) is 11.0 Å². The molecule has 1 aromatic heterocycles. The molecule has 1 N–H and O–H groups in total. The van der Waals surface area contributed by atoms with Crippen molar-refractivity contribution in [3.8, 4) is 0 Å². The van der Waals surface area contributed by atoms with E-state index in [9.17, 15) is 22.8 Å². The summed E-state index contributed by atoms with van der Waals surface area (Å²) in [5.41, 5.74) is -0.775. The molecule has 0 aromatic carbocycles. The van der Waals surface area contributed by atoms with Gasteiger partial charge in [-0.1, -0.05) is 0 Å². The van der Waals surface area contributed by atoms with Crippen LogP contribution in [-0.4, -0.2) is 33.8 Å². The largest absolute Gasteiger partial charge is 0.417 e. The van der Waals surface area contributed by atoms with Crippen LogP contribution in [0.25, 0.3) is 0 Å². The molecule has 24 heavy (non-hydrogen) atoms. The fraction of sp³-hybridized carbons (Fsp3) is 0.562. The number of imide groups is 1. The molecule has 5 nitrogen and oxygen atoms in total. The number of rotatable bonds is 3. The predicted octanol–water partition coefficient (Wildman–Crippen LogP) is 2.97. The highest BCUT2D eigenvalue weighted by Gasteiger charge is 2.37. The average Bonchev–Trinajstić information content (AvgIpc) is 2.87. The molecule has 0 atom stereocenters. The van der Waals surface area contributed by atoms with Crippen molar-refractivity contribution in [2.45, 2.75) is 56.8 Å². The molecule has 0 bridgehead atoms. The van der Waals surface area contributed by atoms with Gasteiger partial charge >= 0.3 is 6.18 Å². The number of carbonyl (C=O) groups excluding carboxylic acids is 2. The third-order valence-electron chi connectivity index (χ3n) is 4.59. The van der Waals surface area contributed by atoms with E-state index in [4.69, 9.17) is 0 Å². The number of alkyl halides is 3. The van der Waals surface area contributed by atoms with Crippen molar-refractivity contribution in [3.05, 3.63) is 23.9 Å². The molecule has 0 radical (unpaired) electrons. The fourth-order valence-electron chi connectivity index (χ4n) is 3.34. The molecule has 2 amide bonds. The van der Waals surface area contributed by atoms with Gasteiger partial charge in [-0.15, -0.1) is 0 Å². The van der Waals surface area contributed by atoms with Crippen molar-refractivity contribution in [2.24, 2.45) is 0 Å². The third-order valence-corrected chi connectivity index (χ3v) is 4.59. The lowest BCUT2D eigenvalue weighted by molar-refractivity contribution is -0.142. The van der Waals surface area contributed by atoms with Gasteiger partial charge in [0.2, 0.25) is 11.8 Å². The summed E-state index contributed by atoms with van der Waals surface area (Å²) in [5, 5.41) is 3.13. The maximum Gasteiger partial charge on any atom is 0.417 e. The number of hydrogen-bond acceptors (Lipinski definition) is 4. The maximum absolute atomic E-state index is 12.5. The smallest absolute Gasteiger partial charge is 0.367 e. The Bertz CT molecular complexity index is 606. The molecule has 1 saturated carbocycles. The first-order chi connectivity index (χ1) is 11.3. The van der Waals surface area contributed by atoms with Crippen LogP contribution in [0.4, 0.5) is 19.0 Å². The molecule has 8 heteroatoms. The fourth-order valence-corrected chi connectivity index (χ4v) is 3.34. The Morgan fingerprint density at radius 2 is 1.67 bits per heavy atom. The number of nitrogens with zero attached hydrogens (tertiary/aromatic N) is 2. The lowest BCUT2D eigenvalue weighted by Crippen LogP contribution is -2.43. The van der Waals surface area contributed by atoms with Crippen molar-refractivity contribution in [2.75, 3.05) is 5.32 Å². The highest BCUT2D eigenvalue weighted by molar-refractivity contribution is 6.02. The zero-order valence-electron chi connectivity index (χ0n) is 13.0.